The molecule has 0 aromatic carbocycles. The van der Waals surface area contributed by atoms with Crippen molar-refractivity contribution in [3.8, 4) is 0 Å². The zero-order chi connectivity index (χ0) is 13.7. The van der Waals surface area contributed by atoms with Crippen LogP contribution in [0.3, 0.4) is 0 Å². The number of amides is 1. The summed E-state index contributed by atoms with van der Waals surface area (Å²) in [6.45, 7) is 3.71. The van der Waals surface area contributed by atoms with Crippen molar-refractivity contribution in [2.45, 2.75) is 32.7 Å². The molecule has 0 aliphatic carbocycles. The molecule has 1 amide bonds. The molecular weight excluding hydrogens is 234 g/mol. The van der Waals surface area contributed by atoms with Crippen LogP contribution in [-0.4, -0.2) is 32.8 Å². The van der Waals surface area contributed by atoms with Crippen molar-refractivity contribution >= 4 is 11.9 Å². The van der Waals surface area contributed by atoms with Gasteiger partial charge in [-0.3, -0.25) is 9.48 Å². The number of aryl methyl sites for hydroxylation is 1. The van der Waals surface area contributed by atoms with Gasteiger partial charge < -0.3 is 10.4 Å². The van der Waals surface area contributed by atoms with E-state index < -0.39 is 12.0 Å². The number of hydrogen-bond acceptors (Lipinski definition) is 3. The molecule has 0 fully saturated rings. The standard InChI is InChI=1S/C12H19N3O3/c1-4-8(2)11(12(17)18)14-10(16)5-9-6-13-15(3)7-9/h6-8,11H,4-5H2,1-3H3,(H,14,16)(H,17,18)/t8-,11-/m0/s1. The zero-order valence-corrected chi connectivity index (χ0v) is 10.9. The molecule has 18 heavy (non-hydrogen) atoms. The van der Waals surface area contributed by atoms with E-state index in [0.717, 1.165) is 5.56 Å². The Morgan fingerprint density at radius 2 is 2.22 bits per heavy atom. The lowest BCUT2D eigenvalue weighted by Crippen LogP contribution is -2.45. The molecule has 1 heterocycles. The third kappa shape index (κ3) is 3.87. The van der Waals surface area contributed by atoms with Crippen LogP contribution in [0.15, 0.2) is 12.4 Å². The van der Waals surface area contributed by atoms with Crippen molar-refractivity contribution < 1.29 is 14.7 Å². The van der Waals surface area contributed by atoms with Gasteiger partial charge >= 0.3 is 5.97 Å². The minimum Gasteiger partial charge on any atom is -0.480 e. The highest BCUT2D eigenvalue weighted by Crippen LogP contribution is 2.08. The quantitative estimate of drug-likeness (QED) is 0.776. The van der Waals surface area contributed by atoms with Gasteiger partial charge in [-0.15, -0.1) is 0 Å². The molecule has 6 heteroatoms. The SMILES string of the molecule is CC[C@H](C)[C@H](NC(=O)Cc1cnn(C)c1)C(=O)O. The first-order valence-corrected chi connectivity index (χ1v) is 5.93. The Balaban J connectivity index is 2.59. The van der Waals surface area contributed by atoms with Crippen molar-refractivity contribution in [2.24, 2.45) is 13.0 Å². The second-order valence-corrected chi connectivity index (χ2v) is 4.47. The highest BCUT2D eigenvalue weighted by atomic mass is 16.4. The van der Waals surface area contributed by atoms with Crippen LogP contribution in [0, 0.1) is 5.92 Å². The Morgan fingerprint density at radius 1 is 1.56 bits per heavy atom. The monoisotopic (exact) mass is 253 g/mol. The Kier molecular flexibility index (Phi) is 4.88. The molecule has 0 saturated carbocycles. The molecule has 0 aliphatic rings. The summed E-state index contributed by atoms with van der Waals surface area (Å²) in [4.78, 5) is 22.8. The van der Waals surface area contributed by atoms with E-state index in [2.05, 4.69) is 10.4 Å². The van der Waals surface area contributed by atoms with E-state index >= 15 is 0 Å². The highest BCUT2D eigenvalue weighted by Gasteiger charge is 2.25. The first-order chi connectivity index (χ1) is 8.43. The molecule has 1 rings (SSSR count). The first kappa shape index (κ1) is 14.2. The molecular formula is C12H19N3O3. The average molecular weight is 253 g/mol. The Bertz CT molecular complexity index is 428. The van der Waals surface area contributed by atoms with Crippen molar-refractivity contribution in [1.82, 2.24) is 15.1 Å². The van der Waals surface area contributed by atoms with Crippen LogP contribution in [0.2, 0.25) is 0 Å². The summed E-state index contributed by atoms with van der Waals surface area (Å²) >= 11 is 0. The Hall–Kier alpha value is -1.85. The smallest absolute Gasteiger partial charge is 0.326 e. The molecule has 0 spiro atoms. The molecule has 1 aromatic rings. The normalized spacial score (nSPS) is 13.9. The van der Waals surface area contributed by atoms with Gasteiger partial charge in [-0.1, -0.05) is 20.3 Å². The van der Waals surface area contributed by atoms with Gasteiger partial charge in [-0.25, -0.2) is 4.79 Å². The minimum absolute atomic E-state index is 0.0969. The van der Waals surface area contributed by atoms with Crippen LogP contribution in [0.1, 0.15) is 25.8 Å². The van der Waals surface area contributed by atoms with Crippen LogP contribution >= 0.6 is 0 Å². The maximum atomic E-state index is 11.7. The molecule has 1 aromatic heterocycles. The molecule has 0 aliphatic heterocycles. The van der Waals surface area contributed by atoms with E-state index in [-0.39, 0.29) is 18.2 Å². The summed E-state index contributed by atoms with van der Waals surface area (Å²) < 4.78 is 1.60. The van der Waals surface area contributed by atoms with E-state index in [1.54, 1.807) is 24.1 Å². The fourth-order valence-electron chi connectivity index (χ4n) is 1.66. The van der Waals surface area contributed by atoms with Crippen LogP contribution in [0.4, 0.5) is 0 Å². The van der Waals surface area contributed by atoms with Gasteiger partial charge in [0, 0.05) is 13.2 Å². The number of nitrogens with zero attached hydrogens (tertiary/aromatic N) is 2. The van der Waals surface area contributed by atoms with Crippen molar-refractivity contribution in [3.63, 3.8) is 0 Å². The number of nitrogens with one attached hydrogen (secondary N) is 1. The second-order valence-electron chi connectivity index (χ2n) is 4.47. The van der Waals surface area contributed by atoms with Gasteiger partial charge in [0.05, 0.1) is 12.6 Å². The molecule has 2 N–H and O–H groups in total. The predicted octanol–water partition coefficient (Wildman–Crippen LogP) is 0.578. The summed E-state index contributed by atoms with van der Waals surface area (Å²) in [5.41, 5.74) is 0.767. The van der Waals surface area contributed by atoms with Crippen molar-refractivity contribution in [2.75, 3.05) is 0 Å². The summed E-state index contributed by atoms with van der Waals surface area (Å²) in [6, 6.07) is -0.834. The van der Waals surface area contributed by atoms with Gasteiger partial charge in [0.25, 0.3) is 0 Å². The van der Waals surface area contributed by atoms with Crippen molar-refractivity contribution in [3.05, 3.63) is 18.0 Å². The van der Waals surface area contributed by atoms with Crippen LogP contribution < -0.4 is 5.32 Å². The molecule has 0 unspecified atom stereocenters. The van der Waals surface area contributed by atoms with Gasteiger partial charge in [0.1, 0.15) is 6.04 Å². The molecule has 2 atom stereocenters. The lowest BCUT2D eigenvalue weighted by atomic mass is 9.99. The largest absolute Gasteiger partial charge is 0.480 e. The van der Waals surface area contributed by atoms with E-state index in [4.69, 9.17) is 5.11 Å². The van der Waals surface area contributed by atoms with Gasteiger partial charge in [-0.2, -0.15) is 5.10 Å². The number of carboxylic acid groups (broad SMARTS) is 1. The van der Waals surface area contributed by atoms with Gasteiger partial charge in [0.2, 0.25) is 5.91 Å². The van der Waals surface area contributed by atoms with Crippen LogP contribution in [-0.2, 0) is 23.1 Å². The fourth-order valence-corrected chi connectivity index (χ4v) is 1.66. The third-order valence-electron chi connectivity index (χ3n) is 2.92. The van der Waals surface area contributed by atoms with E-state index in [9.17, 15) is 9.59 Å². The number of aromatic nitrogens is 2. The topological polar surface area (TPSA) is 84.2 Å². The van der Waals surface area contributed by atoms with Crippen molar-refractivity contribution in [1.29, 1.82) is 0 Å². The summed E-state index contributed by atoms with van der Waals surface area (Å²) in [7, 11) is 1.76. The summed E-state index contributed by atoms with van der Waals surface area (Å²) in [6.07, 6.45) is 4.18. The molecule has 0 radical (unpaired) electrons. The van der Waals surface area contributed by atoms with Crippen LogP contribution in [0.5, 0.6) is 0 Å². The van der Waals surface area contributed by atoms with E-state index in [0.29, 0.717) is 6.42 Å². The van der Waals surface area contributed by atoms with E-state index in [1.165, 1.54) is 0 Å². The number of carbonyl (C=O) groups excluding carboxylic acids is 1. The fraction of sp³-hybridized carbons (Fsp3) is 0.583. The summed E-state index contributed by atoms with van der Waals surface area (Å²) in [5, 5.41) is 15.6. The number of carbonyl (C=O) groups is 2. The van der Waals surface area contributed by atoms with E-state index in [1.807, 2.05) is 13.8 Å². The van der Waals surface area contributed by atoms with Gasteiger partial charge in [0.15, 0.2) is 0 Å². The minimum atomic E-state index is -0.996. The highest BCUT2D eigenvalue weighted by molar-refractivity contribution is 5.84. The lowest BCUT2D eigenvalue weighted by Gasteiger charge is -2.19. The van der Waals surface area contributed by atoms with Crippen LogP contribution in [0.25, 0.3) is 0 Å². The molecule has 0 saturated heterocycles. The Labute approximate surface area is 106 Å². The zero-order valence-electron chi connectivity index (χ0n) is 10.9. The first-order valence-electron chi connectivity index (χ1n) is 5.93. The summed E-state index contributed by atoms with van der Waals surface area (Å²) in [5.74, 6) is -1.39. The molecule has 100 valence electrons. The number of rotatable bonds is 6. The number of carboxylic acids is 1. The second kappa shape index (κ2) is 6.18. The predicted molar refractivity (Wildman–Crippen MR) is 65.9 cm³/mol. The lowest BCUT2D eigenvalue weighted by molar-refractivity contribution is -0.143. The maximum absolute atomic E-state index is 11.7. The van der Waals surface area contributed by atoms with Gasteiger partial charge in [-0.05, 0) is 11.5 Å². The molecule has 6 nitrogen and oxygen atoms in total. The number of hydrogen-bond donors (Lipinski definition) is 2. The Morgan fingerprint density at radius 3 is 2.67 bits per heavy atom. The maximum Gasteiger partial charge on any atom is 0.326 e. The number of aliphatic carboxylic acids is 1. The third-order valence-corrected chi connectivity index (χ3v) is 2.92. The average Bonchev–Trinajstić information content (AvgIpc) is 2.70. The molecule has 0 bridgehead atoms.